The van der Waals surface area contributed by atoms with Gasteiger partial charge in [0.2, 0.25) is 5.91 Å². The molecule has 0 saturated heterocycles. The van der Waals surface area contributed by atoms with E-state index in [9.17, 15) is 25.2 Å². The van der Waals surface area contributed by atoms with Crippen molar-refractivity contribution in [3.05, 3.63) is 12.2 Å². The molecule has 0 aromatic rings. The molecule has 0 rings (SSSR count). The van der Waals surface area contributed by atoms with Crippen molar-refractivity contribution in [2.45, 2.75) is 385 Å². The fraction of sp³-hybridized carbons (Fsp3) is 0.953. The Morgan fingerprint density at radius 1 is 0.343 bits per heavy atom. The standard InChI is InChI=1S/C64H127NO5/c1-3-5-7-9-11-13-15-17-19-21-23-25-27-28-29-30-31-32-33-34-35-36-38-39-41-43-45-47-49-51-53-55-57-61(67)63(69)60(59-66)65-64(70)62(68)58-56-54-52-50-48-46-44-42-40-37-26-24-22-20-18-16-14-12-10-8-6-4-2/h49,51,60-63,66-69H,3-48,50,52-59H2,1-2H3,(H,65,70)/b51-49+. The molecule has 6 heteroatoms. The SMILES string of the molecule is CCCCCCCCCCCCCCCCCCCCCCCCCCCCC/C=C/CCCC(O)C(O)C(CO)NC(=O)C(O)CCCCCCCCCCCCCCCCCCCCCCCC. The van der Waals surface area contributed by atoms with E-state index in [2.05, 4.69) is 31.3 Å². The molecular weight excluding hydrogens is 863 g/mol. The zero-order chi connectivity index (χ0) is 50.9. The predicted molar refractivity (Wildman–Crippen MR) is 307 cm³/mol. The third-order valence-corrected chi connectivity index (χ3v) is 15.5. The number of hydrogen-bond acceptors (Lipinski definition) is 5. The maximum Gasteiger partial charge on any atom is 0.249 e. The van der Waals surface area contributed by atoms with Crippen LogP contribution in [0.4, 0.5) is 0 Å². The minimum atomic E-state index is -1.28. The summed E-state index contributed by atoms with van der Waals surface area (Å²) in [6, 6.07) is -0.999. The van der Waals surface area contributed by atoms with E-state index in [0.29, 0.717) is 12.8 Å². The van der Waals surface area contributed by atoms with Crippen molar-refractivity contribution in [3.63, 3.8) is 0 Å². The Morgan fingerprint density at radius 3 is 0.857 bits per heavy atom. The van der Waals surface area contributed by atoms with Crippen molar-refractivity contribution in [1.82, 2.24) is 5.32 Å². The Labute approximate surface area is 438 Å². The van der Waals surface area contributed by atoms with E-state index in [-0.39, 0.29) is 0 Å². The van der Waals surface area contributed by atoms with Crippen LogP contribution in [-0.4, -0.2) is 57.3 Å². The van der Waals surface area contributed by atoms with Crippen LogP contribution in [-0.2, 0) is 4.79 Å². The normalized spacial score (nSPS) is 13.6. The minimum absolute atomic E-state index is 0.369. The zero-order valence-electron chi connectivity index (χ0n) is 47.6. The lowest BCUT2D eigenvalue weighted by Crippen LogP contribution is -2.53. The van der Waals surface area contributed by atoms with E-state index in [0.717, 1.165) is 38.5 Å². The Bertz CT molecular complexity index is 1020. The van der Waals surface area contributed by atoms with Gasteiger partial charge in [0.1, 0.15) is 12.2 Å². The van der Waals surface area contributed by atoms with Gasteiger partial charge in [-0.25, -0.2) is 0 Å². The average molecular weight is 991 g/mol. The van der Waals surface area contributed by atoms with Gasteiger partial charge in [0.15, 0.2) is 0 Å². The number of carbonyl (C=O) groups excluding carboxylic acids is 1. The van der Waals surface area contributed by atoms with Crippen LogP contribution in [0.15, 0.2) is 12.2 Å². The highest BCUT2D eigenvalue weighted by atomic mass is 16.3. The van der Waals surface area contributed by atoms with Crippen molar-refractivity contribution in [2.75, 3.05) is 6.61 Å². The summed E-state index contributed by atoms with van der Waals surface area (Å²) in [5.41, 5.74) is 0. The van der Waals surface area contributed by atoms with E-state index in [1.807, 2.05) is 0 Å². The number of aliphatic hydroxyl groups excluding tert-OH is 4. The third-order valence-electron chi connectivity index (χ3n) is 15.5. The highest BCUT2D eigenvalue weighted by Gasteiger charge is 2.28. The predicted octanol–water partition coefficient (Wildman–Crippen LogP) is 19.2. The van der Waals surface area contributed by atoms with Gasteiger partial charge in [-0.3, -0.25) is 4.79 Å². The Balaban J connectivity index is 3.56. The zero-order valence-corrected chi connectivity index (χ0v) is 47.6. The molecule has 0 heterocycles. The number of unbranched alkanes of at least 4 members (excludes halogenated alkanes) is 49. The van der Waals surface area contributed by atoms with Crippen molar-refractivity contribution in [1.29, 1.82) is 0 Å². The molecular formula is C64H127NO5. The summed E-state index contributed by atoms with van der Waals surface area (Å²) in [5, 5.41) is 44.1. The van der Waals surface area contributed by atoms with Crippen molar-refractivity contribution < 1.29 is 25.2 Å². The van der Waals surface area contributed by atoms with E-state index in [4.69, 9.17) is 0 Å². The summed E-state index contributed by atoms with van der Waals surface area (Å²) in [7, 11) is 0. The molecule has 0 aromatic heterocycles. The molecule has 0 radical (unpaired) electrons. The molecule has 0 fully saturated rings. The monoisotopic (exact) mass is 990 g/mol. The van der Waals surface area contributed by atoms with Gasteiger partial charge in [0.05, 0.1) is 18.8 Å². The lowest BCUT2D eigenvalue weighted by molar-refractivity contribution is -0.132. The number of rotatable bonds is 60. The molecule has 0 aliphatic heterocycles. The average Bonchev–Trinajstić information content (AvgIpc) is 3.36. The van der Waals surface area contributed by atoms with E-state index in [1.54, 1.807) is 0 Å². The summed E-state index contributed by atoms with van der Waals surface area (Å²) in [4.78, 5) is 12.6. The highest BCUT2D eigenvalue weighted by Crippen LogP contribution is 2.19. The number of nitrogens with one attached hydrogen (secondary N) is 1. The molecule has 0 bridgehead atoms. The van der Waals surface area contributed by atoms with Gasteiger partial charge < -0.3 is 25.7 Å². The molecule has 0 aromatic carbocycles. The van der Waals surface area contributed by atoms with Gasteiger partial charge in [0.25, 0.3) is 0 Å². The van der Waals surface area contributed by atoms with E-state index < -0.39 is 36.9 Å². The van der Waals surface area contributed by atoms with Gasteiger partial charge >= 0.3 is 0 Å². The molecule has 6 nitrogen and oxygen atoms in total. The molecule has 1 amide bonds. The fourth-order valence-corrected chi connectivity index (χ4v) is 10.5. The molecule has 4 unspecified atom stereocenters. The van der Waals surface area contributed by atoms with Crippen LogP contribution < -0.4 is 5.32 Å². The summed E-state index contributed by atoms with van der Waals surface area (Å²) < 4.78 is 0. The first-order valence-electron chi connectivity index (χ1n) is 32.1. The molecule has 0 aliphatic carbocycles. The number of hydrogen-bond donors (Lipinski definition) is 5. The van der Waals surface area contributed by atoms with Gasteiger partial charge in [-0.1, -0.05) is 334 Å². The number of allylic oxidation sites excluding steroid dienone is 2. The summed E-state index contributed by atoms with van der Waals surface area (Å²) in [6.45, 7) is 4.10. The lowest BCUT2D eigenvalue weighted by Gasteiger charge is -2.27. The minimum Gasteiger partial charge on any atom is -0.394 e. The molecule has 0 aliphatic rings. The lowest BCUT2D eigenvalue weighted by atomic mass is 10.00. The van der Waals surface area contributed by atoms with Crippen LogP contribution in [0, 0.1) is 0 Å². The van der Waals surface area contributed by atoms with Crippen LogP contribution in [0.1, 0.15) is 361 Å². The topological polar surface area (TPSA) is 110 Å². The second-order valence-corrected chi connectivity index (χ2v) is 22.5. The van der Waals surface area contributed by atoms with Crippen LogP contribution in [0.5, 0.6) is 0 Å². The second kappa shape index (κ2) is 58.9. The van der Waals surface area contributed by atoms with Crippen LogP contribution in [0.3, 0.4) is 0 Å². The van der Waals surface area contributed by atoms with Crippen LogP contribution >= 0.6 is 0 Å². The Hall–Kier alpha value is -0.950. The van der Waals surface area contributed by atoms with Gasteiger partial charge in [-0.05, 0) is 38.5 Å². The fourth-order valence-electron chi connectivity index (χ4n) is 10.5. The third kappa shape index (κ3) is 51.9. The first kappa shape index (κ1) is 69.0. The quantitative estimate of drug-likeness (QED) is 0.0308. The molecule has 0 saturated carbocycles. The molecule has 418 valence electrons. The molecule has 5 N–H and O–H groups in total. The molecule has 4 atom stereocenters. The number of amides is 1. The van der Waals surface area contributed by atoms with Crippen LogP contribution in [0.2, 0.25) is 0 Å². The smallest absolute Gasteiger partial charge is 0.249 e. The van der Waals surface area contributed by atoms with Crippen molar-refractivity contribution >= 4 is 5.91 Å². The number of carbonyl (C=O) groups is 1. The first-order chi connectivity index (χ1) is 34.5. The Morgan fingerprint density at radius 2 is 0.586 bits per heavy atom. The number of aliphatic hydroxyl groups is 4. The van der Waals surface area contributed by atoms with Gasteiger partial charge in [-0.2, -0.15) is 0 Å². The highest BCUT2D eigenvalue weighted by molar-refractivity contribution is 5.80. The van der Waals surface area contributed by atoms with Gasteiger partial charge in [0, 0.05) is 0 Å². The second-order valence-electron chi connectivity index (χ2n) is 22.5. The molecule has 70 heavy (non-hydrogen) atoms. The maximum absolute atomic E-state index is 12.6. The summed E-state index contributed by atoms with van der Waals surface area (Å²) in [5.74, 6) is -0.585. The van der Waals surface area contributed by atoms with Crippen LogP contribution in [0.25, 0.3) is 0 Å². The summed E-state index contributed by atoms with van der Waals surface area (Å²) in [6.07, 6.45) is 71.8. The maximum atomic E-state index is 12.6. The van der Waals surface area contributed by atoms with Gasteiger partial charge in [-0.15, -0.1) is 0 Å². The van der Waals surface area contributed by atoms with E-state index in [1.165, 1.54) is 295 Å². The first-order valence-corrected chi connectivity index (χ1v) is 32.1. The largest absolute Gasteiger partial charge is 0.394 e. The summed E-state index contributed by atoms with van der Waals surface area (Å²) >= 11 is 0. The van der Waals surface area contributed by atoms with E-state index >= 15 is 0 Å². The Kier molecular flexibility index (Phi) is 58.1. The van der Waals surface area contributed by atoms with Crippen molar-refractivity contribution in [2.24, 2.45) is 0 Å². The molecule has 0 spiro atoms. The van der Waals surface area contributed by atoms with Crippen molar-refractivity contribution in [3.8, 4) is 0 Å².